The highest BCUT2D eigenvalue weighted by Crippen LogP contribution is 2.27. The third kappa shape index (κ3) is 4.92. The Balaban J connectivity index is 1.81. The number of nitrogens with zero attached hydrogens (tertiary/aromatic N) is 4. The molecule has 1 aromatic carbocycles. The second-order valence-corrected chi connectivity index (χ2v) is 9.32. The highest BCUT2D eigenvalue weighted by molar-refractivity contribution is 7.99. The number of fused-ring (bicyclic) bond motifs is 1. The highest BCUT2D eigenvalue weighted by atomic mass is 32.2. The number of ether oxygens (including phenoxy) is 2. The van der Waals surface area contributed by atoms with E-state index in [0.717, 1.165) is 22.5 Å². The van der Waals surface area contributed by atoms with Crippen LogP contribution in [0.25, 0.3) is 11.0 Å². The molecule has 166 valence electrons. The number of benzene rings is 1. The van der Waals surface area contributed by atoms with Gasteiger partial charge in [-0.25, -0.2) is 14.8 Å². The molecule has 9 heteroatoms. The topological polar surface area (TPSA) is 88.2 Å². The van der Waals surface area contributed by atoms with Gasteiger partial charge in [0, 0.05) is 25.3 Å². The monoisotopic (exact) mass is 444 g/mol. The third-order valence-electron chi connectivity index (χ3n) is 4.79. The molecule has 3 rings (SSSR count). The molecule has 8 nitrogen and oxygen atoms in total. The molecule has 0 spiro atoms. The minimum absolute atomic E-state index is 0.321. The fourth-order valence-corrected chi connectivity index (χ4v) is 3.89. The molecule has 0 saturated heterocycles. The number of hydrogen-bond acceptors (Lipinski definition) is 7. The van der Waals surface area contributed by atoms with Gasteiger partial charge in [-0.15, -0.1) is 11.8 Å². The van der Waals surface area contributed by atoms with Gasteiger partial charge in [0.15, 0.2) is 5.65 Å². The van der Waals surface area contributed by atoms with Gasteiger partial charge in [0.25, 0.3) is 5.56 Å². The molecule has 0 fully saturated rings. The van der Waals surface area contributed by atoms with E-state index in [9.17, 15) is 9.59 Å². The van der Waals surface area contributed by atoms with Crippen LogP contribution in [0.15, 0.2) is 38.9 Å². The highest BCUT2D eigenvalue weighted by Gasteiger charge is 2.23. The van der Waals surface area contributed by atoms with Crippen molar-refractivity contribution >= 4 is 22.8 Å². The van der Waals surface area contributed by atoms with Crippen molar-refractivity contribution < 1.29 is 9.47 Å². The van der Waals surface area contributed by atoms with Crippen molar-refractivity contribution in [2.24, 2.45) is 14.1 Å². The molecule has 0 aliphatic heterocycles. The van der Waals surface area contributed by atoms with Gasteiger partial charge in [0.2, 0.25) is 0 Å². The zero-order valence-corrected chi connectivity index (χ0v) is 19.6. The fourth-order valence-electron chi connectivity index (χ4n) is 2.96. The van der Waals surface area contributed by atoms with Crippen molar-refractivity contribution in [3.63, 3.8) is 0 Å². The van der Waals surface area contributed by atoms with Crippen molar-refractivity contribution in [2.45, 2.75) is 37.6 Å². The Morgan fingerprint density at radius 3 is 2.26 bits per heavy atom. The van der Waals surface area contributed by atoms with Crippen LogP contribution >= 0.6 is 11.8 Å². The van der Waals surface area contributed by atoms with Gasteiger partial charge in [-0.2, -0.15) is 0 Å². The van der Waals surface area contributed by atoms with E-state index < -0.39 is 5.69 Å². The van der Waals surface area contributed by atoms with E-state index in [0.29, 0.717) is 34.2 Å². The summed E-state index contributed by atoms with van der Waals surface area (Å²) in [6.07, 6.45) is 0.763. The van der Waals surface area contributed by atoms with E-state index in [4.69, 9.17) is 9.47 Å². The van der Waals surface area contributed by atoms with E-state index >= 15 is 0 Å². The van der Waals surface area contributed by atoms with Crippen molar-refractivity contribution in [3.05, 3.63) is 50.9 Å². The predicted octanol–water partition coefficient (Wildman–Crippen LogP) is 2.89. The number of methoxy groups -OCH3 is 1. The summed E-state index contributed by atoms with van der Waals surface area (Å²) in [5, 5.41) is 0.967. The molecular formula is C22H28N4O4S. The number of thioether (sulfide) groups is 1. The Morgan fingerprint density at radius 1 is 1.00 bits per heavy atom. The summed E-state index contributed by atoms with van der Waals surface area (Å²) in [7, 11) is 4.72. The lowest BCUT2D eigenvalue weighted by molar-refractivity contribution is 0.318. The van der Waals surface area contributed by atoms with Crippen molar-refractivity contribution in [1.29, 1.82) is 0 Å². The van der Waals surface area contributed by atoms with Crippen LogP contribution in [0.3, 0.4) is 0 Å². The van der Waals surface area contributed by atoms with Crippen LogP contribution < -0.4 is 20.7 Å². The molecule has 2 heterocycles. The van der Waals surface area contributed by atoms with Crippen LogP contribution in [0.2, 0.25) is 0 Å². The van der Waals surface area contributed by atoms with E-state index in [1.54, 1.807) is 14.2 Å². The van der Waals surface area contributed by atoms with E-state index in [1.807, 2.05) is 45.0 Å². The average Bonchev–Trinajstić information content (AvgIpc) is 2.75. The van der Waals surface area contributed by atoms with E-state index in [1.165, 1.54) is 23.4 Å². The van der Waals surface area contributed by atoms with Crippen LogP contribution in [0.4, 0.5) is 0 Å². The summed E-state index contributed by atoms with van der Waals surface area (Å²) in [4.78, 5) is 34.5. The van der Waals surface area contributed by atoms with Crippen LogP contribution in [0.1, 0.15) is 33.0 Å². The molecule has 0 aliphatic carbocycles. The molecule has 0 radical (unpaired) electrons. The van der Waals surface area contributed by atoms with Crippen LogP contribution in [0.5, 0.6) is 11.5 Å². The van der Waals surface area contributed by atoms with Gasteiger partial charge in [-0.3, -0.25) is 13.9 Å². The summed E-state index contributed by atoms with van der Waals surface area (Å²) < 4.78 is 13.4. The minimum Gasteiger partial charge on any atom is -0.497 e. The molecule has 0 amide bonds. The molecular weight excluding hydrogens is 416 g/mol. The molecule has 0 N–H and O–H groups in total. The van der Waals surface area contributed by atoms with Gasteiger partial charge >= 0.3 is 5.69 Å². The summed E-state index contributed by atoms with van der Waals surface area (Å²) in [5.74, 6) is 2.86. The van der Waals surface area contributed by atoms with Gasteiger partial charge in [0.05, 0.1) is 13.7 Å². The first-order chi connectivity index (χ1) is 14.6. The van der Waals surface area contributed by atoms with Crippen LogP contribution in [-0.4, -0.2) is 38.6 Å². The zero-order chi connectivity index (χ0) is 22.8. The second-order valence-electron chi connectivity index (χ2n) is 8.23. The lowest BCUT2D eigenvalue weighted by Gasteiger charge is -2.19. The standard InChI is InChI=1S/C22H28N4O4S/c1-22(2,3)20-23-17-16(19(27)26(5)21(28)25(17)4)18(24-20)31-13-7-12-30-15-10-8-14(29-6)9-11-15/h8-11H,7,12-13H2,1-6H3. The SMILES string of the molecule is COc1ccc(OCCCSc2nc(C(C)(C)C)nc3c2c(=O)n(C)c(=O)n3C)cc1. The first-order valence-electron chi connectivity index (χ1n) is 10.0. The summed E-state index contributed by atoms with van der Waals surface area (Å²) in [6, 6.07) is 7.43. The van der Waals surface area contributed by atoms with Gasteiger partial charge in [-0.1, -0.05) is 20.8 Å². The minimum atomic E-state index is -0.403. The largest absolute Gasteiger partial charge is 0.497 e. The number of hydrogen-bond donors (Lipinski definition) is 0. The quantitative estimate of drug-likeness (QED) is 0.314. The van der Waals surface area contributed by atoms with Gasteiger partial charge < -0.3 is 9.47 Å². The number of aromatic nitrogens is 4. The Bertz CT molecular complexity index is 1190. The van der Waals surface area contributed by atoms with Crippen molar-refractivity contribution in [3.8, 4) is 11.5 Å². The molecule has 0 unspecified atom stereocenters. The fraction of sp³-hybridized carbons (Fsp3) is 0.455. The van der Waals surface area contributed by atoms with Crippen LogP contribution in [-0.2, 0) is 19.5 Å². The maximum atomic E-state index is 12.8. The van der Waals surface area contributed by atoms with Gasteiger partial charge in [-0.05, 0) is 30.7 Å². The Hall–Kier alpha value is -2.81. The predicted molar refractivity (Wildman–Crippen MR) is 123 cm³/mol. The van der Waals surface area contributed by atoms with E-state index in [2.05, 4.69) is 9.97 Å². The molecule has 0 saturated carbocycles. The molecule has 0 bridgehead atoms. The maximum absolute atomic E-state index is 12.8. The molecule has 0 aliphatic rings. The first-order valence-corrected chi connectivity index (χ1v) is 11.0. The van der Waals surface area contributed by atoms with Gasteiger partial charge in [0.1, 0.15) is 27.7 Å². The second kappa shape index (κ2) is 9.13. The summed E-state index contributed by atoms with van der Waals surface area (Å²) in [5.41, 5.74) is -0.738. The Labute approximate surface area is 185 Å². The smallest absolute Gasteiger partial charge is 0.332 e. The Morgan fingerprint density at radius 2 is 1.65 bits per heavy atom. The van der Waals surface area contributed by atoms with E-state index in [-0.39, 0.29) is 11.0 Å². The molecule has 3 aromatic rings. The third-order valence-corrected chi connectivity index (χ3v) is 5.85. The summed E-state index contributed by atoms with van der Waals surface area (Å²) >= 11 is 1.48. The zero-order valence-electron chi connectivity index (χ0n) is 18.8. The summed E-state index contributed by atoms with van der Waals surface area (Å²) in [6.45, 7) is 6.55. The molecule has 2 aromatic heterocycles. The normalized spacial score (nSPS) is 11.7. The average molecular weight is 445 g/mol. The Kier molecular flexibility index (Phi) is 6.74. The number of rotatable bonds is 7. The first kappa shape index (κ1) is 22.9. The number of aryl methyl sites for hydroxylation is 1. The van der Waals surface area contributed by atoms with Crippen LogP contribution in [0, 0.1) is 0 Å². The van der Waals surface area contributed by atoms with Crippen molar-refractivity contribution in [2.75, 3.05) is 19.5 Å². The maximum Gasteiger partial charge on any atom is 0.332 e. The molecule has 0 atom stereocenters. The lowest BCUT2D eigenvalue weighted by atomic mass is 9.96. The van der Waals surface area contributed by atoms with Crippen molar-refractivity contribution in [1.82, 2.24) is 19.1 Å². The molecule has 31 heavy (non-hydrogen) atoms. The lowest BCUT2D eigenvalue weighted by Crippen LogP contribution is -2.38.